The summed E-state index contributed by atoms with van der Waals surface area (Å²) >= 11 is 6.04. The highest BCUT2D eigenvalue weighted by atomic mass is 35.5. The highest BCUT2D eigenvalue weighted by Crippen LogP contribution is 2.31. The van der Waals surface area contributed by atoms with Gasteiger partial charge in [0.1, 0.15) is 0 Å². The Morgan fingerprint density at radius 3 is 2.60 bits per heavy atom. The molecular formula is C15H18ClNO3. The molecule has 0 bridgehead atoms. The van der Waals surface area contributed by atoms with Crippen LogP contribution in [0.25, 0.3) is 0 Å². The van der Waals surface area contributed by atoms with Crippen molar-refractivity contribution in [1.82, 2.24) is 5.32 Å². The van der Waals surface area contributed by atoms with Crippen LogP contribution in [0, 0.1) is 11.8 Å². The van der Waals surface area contributed by atoms with Crippen molar-refractivity contribution in [1.29, 1.82) is 0 Å². The van der Waals surface area contributed by atoms with Gasteiger partial charge in [-0.15, -0.1) is 0 Å². The third-order valence-corrected chi connectivity index (χ3v) is 4.17. The lowest BCUT2D eigenvalue weighted by molar-refractivity contribution is -0.141. The molecule has 0 aliphatic heterocycles. The number of aliphatic carboxylic acids is 1. The number of carboxylic acids is 1. The fourth-order valence-corrected chi connectivity index (χ4v) is 2.84. The Balaban J connectivity index is 1.76. The van der Waals surface area contributed by atoms with E-state index in [4.69, 9.17) is 16.7 Å². The first kappa shape index (κ1) is 14.9. The zero-order chi connectivity index (χ0) is 14.5. The normalized spacial score (nSPS) is 21.6. The van der Waals surface area contributed by atoms with Crippen molar-refractivity contribution >= 4 is 23.5 Å². The van der Waals surface area contributed by atoms with Crippen LogP contribution in [-0.4, -0.2) is 23.5 Å². The third kappa shape index (κ3) is 3.73. The number of hydrogen-bond donors (Lipinski definition) is 2. The van der Waals surface area contributed by atoms with E-state index in [9.17, 15) is 9.59 Å². The number of halogens is 1. The predicted octanol–water partition coefficient (Wildman–Crippen LogP) is 2.50. The smallest absolute Gasteiger partial charge is 0.306 e. The predicted molar refractivity (Wildman–Crippen MR) is 76.6 cm³/mol. The van der Waals surface area contributed by atoms with Crippen LogP contribution in [0.4, 0.5) is 0 Å². The second-order valence-corrected chi connectivity index (χ2v) is 5.58. The summed E-state index contributed by atoms with van der Waals surface area (Å²) in [6.45, 7) is 0.525. The van der Waals surface area contributed by atoms with Gasteiger partial charge in [0, 0.05) is 17.5 Å². The van der Waals surface area contributed by atoms with Crippen LogP contribution < -0.4 is 5.32 Å². The van der Waals surface area contributed by atoms with E-state index in [0.29, 0.717) is 37.3 Å². The molecule has 0 aromatic heterocycles. The minimum Gasteiger partial charge on any atom is -0.481 e. The molecule has 0 unspecified atom stereocenters. The van der Waals surface area contributed by atoms with Gasteiger partial charge in [-0.25, -0.2) is 0 Å². The molecule has 2 rings (SSSR count). The number of benzene rings is 1. The number of hydrogen-bond acceptors (Lipinski definition) is 2. The van der Waals surface area contributed by atoms with Crippen molar-refractivity contribution in [3.63, 3.8) is 0 Å². The molecule has 0 spiro atoms. The Labute approximate surface area is 123 Å². The molecule has 1 aliphatic rings. The lowest BCUT2D eigenvalue weighted by atomic mass is 10.0. The van der Waals surface area contributed by atoms with Gasteiger partial charge in [-0.2, -0.15) is 0 Å². The number of carbonyl (C=O) groups excluding carboxylic acids is 1. The average Bonchev–Trinajstić information content (AvgIpc) is 2.91. The van der Waals surface area contributed by atoms with Gasteiger partial charge in [-0.05, 0) is 37.3 Å². The number of carboxylic acid groups (broad SMARTS) is 1. The summed E-state index contributed by atoms with van der Waals surface area (Å²) in [6, 6.07) is 7.55. The van der Waals surface area contributed by atoms with Crippen molar-refractivity contribution in [3.05, 3.63) is 34.9 Å². The zero-order valence-corrected chi connectivity index (χ0v) is 11.9. The molecule has 5 heteroatoms. The van der Waals surface area contributed by atoms with Crippen molar-refractivity contribution in [3.8, 4) is 0 Å². The maximum atomic E-state index is 12.0. The summed E-state index contributed by atoms with van der Waals surface area (Å²) in [5.41, 5.74) is 1.00. The van der Waals surface area contributed by atoms with E-state index in [-0.39, 0.29) is 17.7 Å². The molecule has 2 N–H and O–H groups in total. The zero-order valence-electron chi connectivity index (χ0n) is 11.1. The van der Waals surface area contributed by atoms with E-state index in [1.807, 2.05) is 24.3 Å². The fourth-order valence-electron chi connectivity index (χ4n) is 2.61. The molecular weight excluding hydrogens is 278 g/mol. The van der Waals surface area contributed by atoms with E-state index in [2.05, 4.69) is 5.32 Å². The Bertz CT molecular complexity index is 504. The van der Waals surface area contributed by atoms with Crippen molar-refractivity contribution < 1.29 is 14.7 Å². The van der Waals surface area contributed by atoms with Crippen LogP contribution in [0.5, 0.6) is 0 Å². The molecule has 1 aromatic rings. The molecule has 1 amide bonds. The van der Waals surface area contributed by atoms with Crippen molar-refractivity contribution in [2.75, 3.05) is 6.54 Å². The first-order valence-corrected chi connectivity index (χ1v) is 7.19. The summed E-state index contributed by atoms with van der Waals surface area (Å²) in [5.74, 6) is -1.37. The van der Waals surface area contributed by atoms with Crippen molar-refractivity contribution in [2.45, 2.75) is 25.7 Å². The van der Waals surface area contributed by atoms with Gasteiger partial charge in [-0.1, -0.05) is 29.8 Å². The second-order valence-electron chi connectivity index (χ2n) is 5.18. The molecule has 20 heavy (non-hydrogen) atoms. The summed E-state index contributed by atoms with van der Waals surface area (Å²) in [5, 5.41) is 12.5. The maximum Gasteiger partial charge on any atom is 0.306 e. The highest BCUT2D eigenvalue weighted by molar-refractivity contribution is 6.31. The first-order chi connectivity index (χ1) is 9.58. The molecule has 1 aliphatic carbocycles. The molecule has 4 nitrogen and oxygen atoms in total. The minimum atomic E-state index is -0.795. The number of rotatable bonds is 5. The highest BCUT2D eigenvalue weighted by Gasteiger charge is 2.33. The van der Waals surface area contributed by atoms with Gasteiger partial charge in [0.05, 0.1) is 5.92 Å². The Hall–Kier alpha value is -1.55. The lowest BCUT2D eigenvalue weighted by Crippen LogP contribution is -2.31. The summed E-state index contributed by atoms with van der Waals surface area (Å²) in [6.07, 6.45) is 2.39. The summed E-state index contributed by atoms with van der Waals surface area (Å²) in [4.78, 5) is 22.8. The van der Waals surface area contributed by atoms with E-state index in [1.165, 1.54) is 0 Å². The van der Waals surface area contributed by atoms with E-state index < -0.39 is 5.97 Å². The number of amides is 1. The molecule has 0 saturated heterocycles. The van der Waals surface area contributed by atoms with Crippen LogP contribution >= 0.6 is 11.6 Å². The first-order valence-electron chi connectivity index (χ1n) is 6.82. The summed E-state index contributed by atoms with van der Waals surface area (Å²) in [7, 11) is 0. The second kappa shape index (κ2) is 6.75. The topological polar surface area (TPSA) is 66.4 Å². The van der Waals surface area contributed by atoms with Gasteiger partial charge < -0.3 is 10.4 Å². The number of carbonyl (C=O) groups is 2. The Morgan fingerprint density at radius 2 is 1.95 bits per heavy atom. The largest absolute Gasteiger partial charge is 0.481 e. The fraction of sp³-hybridized carbons (Fsp3) is 0.467. The maximum absolute atomic E-state index is 12.0. The van der Waals surface area contributed by atoms with E-state index in [0.717, 1.165) is 5.56 Å². The molecule has 1 saturated carbocycles. The average molecular weight is 296 g/mol. The van der Waals surface area contributed by atoms with Crippen LogP contribution in [-0.2, 0) is 16.0 Å². The minimum absolute atomic E-state index is 0.0409. The molecule has 1 aromatic carbocycles. The van der Waals surface area contributed by atoms with Gasteiger partial charge in [0.25, 0.3) is 0 Å². The third-order valence-electron chi connectivity index (χ3n) is 3.80. The van der Waals surface area contributed by atoms with Crippen molar-refractivity contribution in [2.24, 2.45) is 11.8 Å². The molecule has 0 heterocycles. The van der Waals surface area contributed by atoms with E-state index >= 15 is 0 Å². The van der Waals surface area contributed by atoms with Gasteiger partial charge in [-0.3, -0.25) is 9.59 Å². The Morgan fingerprint density at radius 1 is 1.25 bits per heavy atom. The lowest BCUT2D eigenvalue weighted by Gasteiger charge is -2.11. The van der Waals surface area contributed by atoms with Crippen LogP contribution in [0.1, 0.15) is 24.8 Å². The quantitative estimate of drug-likeness (QED) is 0.877. The summed E-state index contributed by atoms with van der Waals surface area (Å²) < 4.78 is 0. The van der Waals surface area contributed by atoms with E-state index in [1.54, 1.807) is 0 Å². The SMILES string of the molecule is O=C(O)[C@@H]1CC[C@H](C(=O)NCCc2ccccc2Cl)C1. The standard InChI is InChI=1S/C15H18ClNO3/c16-13-4-2-1-3-10(13)7-8-17-14(18)11-5-6-12(9-11)15(19)20/h1-4,11-12H,5-9H2,(H,17,18)(H,19,20)/t11-,12+/m0/s1. The monoisotopic (exact) mass is 295 g/mol. The molecule has 2 atom stereocenters. The molecule has 0 radical (unpaired) electrons. The van der Waals surface area contributed by atoms with Gasteiger partial charge >= 0.3 is 5.97 Å². The van der Waals surface area contributed by atoms with Crippen LogP contribution in [0.2, 0.25) is 5.02 Å². The number of nitrogens with one attached hydrogen (secondary N) is 1. The van der Waals surface area contributed by atoms with Gasteiger partial charge in [0.15, 0.2) is 0 Å². The van der Waals surface area contributed by atoms with Crippen LogP contribution in [0.3, 0.4) is 0 Å². The van der Waals surface area contributed by atoms with Gasteiger partial charge in [0.2, 0.25) is 5.91 Å². The molecule has 108 valence electrons. The van der Waals surface area contributed by atoms with Crippen LogP contribution in [0.15, 0.2) is 24.3 Å². The Kier molecular flexibility index (Phi) is 5.01. The molecule has 1 fully saturated rings.